The summed E-state index contributed by atoms with van der Waals surface area (Å²) in [7, 11) is 0. The van der Waals surface area contributed by atoms with Gasteiger partial charge in [0, 0.05) is 17.9 Å². The third-order valence-corrected chi connectivity index (χ3v) is 3.61. The number of nitrogens with zero attached hydrogens (tertiary/aromatic N) is 1. The molecular weight excluding hydrogens is 340 g/mol. The predicted octanol–water partition coefficient (Wildman–Crippen LogP) is 3.73. The van der Waals surface area contributed by atoms with Crippen LogP contribution in [0.3, 0.4) is 0 Å². The van der Waals surface area contributed by atoms with Crippen LogP contribution < -0.4 is 0 Å². The van der Waals surface area contributed by atoms with E-state index in [1.807, 2.05) is 0 Å². The molecule has 3 nitrogen and oxygen atoms in total. The summed E-state index contributed by atoms with van der Waals surface area (Å²) in [4.78, 5) is 3.16. The maximum atomic E-state index is 13.1. The summed E-state index contributed by atoms with van der Waals surface area (Å²) in [6.07, 6.45) is -9.91. The number of para-hydroxylation sites is 1. The van der Waals surface area contributed by atoms with Gasteiger partial charge in [-0.05, 0) is 24.1 Å². The van der Waals surface area contributed by atoms with Crippen LogP contribution in [0, 0.1) is 0 Å². The van der Waals surface area contributed by atoms with Crippen LogP contribution in [0.25, 0.3) is 10.9 Å². The molecule has 1 aromatic heterocycles. The Hall–Kier alpha value is -1.87. The molecule has 0 aliphatic rings. The molecule has 0 fully saturated rings. The largest absolute Gasteiger partial charge is 0.433 e. The minimum absolute atomic E-state index is 0.0941. The summed E-state index contributed by atoms with van der Waals surface area (Å²) < 4.78 is 78.4. The number of rotatable bonds is 4. The van der Waals surface area contributed by atoms with Crippen LogP contribution in [0.2, 0.25) is 0 Å². The summed E-state index contributed by atoms with van der Waals surface area (Å²) in [6, 6.07) is 3.56. The number of halogens is 6. The monoisotopic (exact) mass is 353 g/mol. The van der Waals surface area contributed by atoms with E-state index >= 15 is 0 Å². The van der Waals surface area contributed by atoms with E-state index in [9.17, 15) is 31.4 Å². The fraction of sp³-hybridized carbons (Fsp3) is 0.400. The van der Waals surface area contributed by atoms with Crippen LogP contribution in [-0.4, -0.2) is 28.4 Å². The second-order valence-corrected chi connectivity index (χ2v) is 5.19. The van der Waals surface area contributed by atoms with Gasteiger partial charge in [-0.25, -0.2) is 4.98 Å². The number of aliphatic hydroxyl groups excluding tert-OH is 2. The molecule has 0 saturated carbocycles. The van der Waals surface area contributed by atoms with E-state index in [2.05, 4.69) is 4.98 Å². The van der Waals surface area contributed by atoms with Crippen molar-refractivity contribution >= 4 is 10.9 Å². The Balaban J connectivity index is 2.85. The standard InChI is InChI=1S/C15H13F6NO2/c16-14(17,18)11-3-1-2-9-10(8(7-24)4-5-23)6-12(15(19,20)21)22-13(9)11/h1-3,6,8,23-24H,4-5,7H2. The highest BCUT2D eigenvalue weighted by Gasteiger charge is 2.37. The van der Waals surface area contributed by atoms with Crippen LogP contribution >= 0.6 is 0 Å². The lowest BCUT2D eigenvalue weighted by atomic mass is 9.91. The second-order valence-electron chi connectivity index (χ2n) is 5.19. The summed E-state index contributed by atoms with van der Waals surface area (Å²) in [5.74, 6) is -0.940. The smallest absolute Gasteiger partial charge is 0.396 e. The fourth-order valence-electron chi connectivity index (χ4n) is 2.49. The first-order valence-electron chi connectivity index (χ1n) is 6.89. The third kappa shape index (κ3) is 3.62. The summed E-state index contributed by atoms with van der Waals surface area (Å²) in [6.45, 7) is -1.05. The molecule has 2 N–H and O–H groups in total. The highest BCUT2D eigenvalue weighted by atomic mass is 19.4. The van der Waals surface area contributed by atoms with Gasteiger partial charge in [0.2, 0.25) is 0 Å². The predicted molar refractivity (Wildman–Crippen MR) is 73.3 cm³/mol. The SMILES string of the molecule is OCCC(CO)c1cc(C(F)(F)F)nc2c(C(F)(F)F)cccc12. The van der Waals surface area contributed by atoms with Gasteiger partial charge < -0.3 is 10.2 Å². The zero-order valence-corrected chi connectivity index (χ0v) is 12.1. The minimum atomic E-state index is -4.94. The molecule has 132 valence electrons. The van der Waals surface area contributed by atoms with Gasteiger partial charge in [-0.15, -0.1) is 0 Å². The van der Waals surface area contributed by atoms with Crippen molar-refractivity contribution in [3.8, 4) is 0 Å². The lowest BCUT2D eigenvalue weighted by Gasteiger charge is -2.20. The van der Waals surface area contributed by atoms with Crippen molar-refractivity contribution in [3.63, 3.8) is 0 Å². The van der Waals surface area contributed by atoms with Crippen LogP contribution in [-0.2, 0) is 12.4 Å². The molecule has 0 bridgehead atoms. The average Bonchev–Trinajstić information content (AvgIpc) is 2.49. The number of hydrogen-bond donors (Lipinski definition) is 2. The van der Waals surface area contributed by atoms with Crippen LogP contribution in [0.15, 0.2) is 24.3 Å². The molecule has 1 heterocycles. The zero-order chi connectivity index (χ0) is 18.1. The first kappa shape index (κ1) is 18.5. The zero-order valence-electron chi connectivity index (χ0n) is 12.1. The number of alkyl halides is 6. The van der Waals surface area contributed by atoms with E-state index in [0.29, 0.717) is 12.1 Å². The Morgan fingerprint density at radius 2 is 1.67 bits per heavy atom. The summed E-state index contributed by atoms with van der Waals surface area (Å²) in [5.41, 5.74) is -3.72. The van der Waals surface area contributed by atoms with Gasteiger partial charge in [-0.1, -0.05) is 12.1 Å². The van der Waals surface area contributed by atoms with Crippen molar-refractivity contribution in [2.24, 2.45) is 0 Å². The van der Waals surface area contributed by atoms with Gasteiger partial charge in [0.1, 0.15) is 5.69 Å². The molecule has 1 atom stereocenters. The summed E-state index contributed by atoms with van der Waals surface area (Å²) >= 11 is 0. The minimum Gasteiger partial charge on any atom is -0.396 e. The van der Waals surface area contributed by atoms with E-state index < -0.39 is 48.3 Å². The maximum Gasteiger partial charge on any atom is 0.433 e. The first-order valence-corrected chi connectivity index (χ1v) is 6.89. The molecule has 2 rings (SSSR count). The number of aliphatic hydroxyl groups is 2. The lowest BCUT2D eigenvalue weighted by Crippen LogP contribution is -2.15. The first-order chi connectivity index (χ1) is 11.1. The Kier molecular flexibility index (Phi) is 5.05. The van der Waals surface area contributed by atoms with Crippen molar-refractivity contribution in [1.82, 2.24) is 4.98 Å². The van der Waals surface area contributed by atoms with Gasteiger partial charge in [0.25, 0.3) is 0 Å². The van der Waals surface area contributed by atoms with Crippen molar-refractivity contribution < 1.29 is 36.6 Å². The van der Waals surface area contributed by atoms with Crippen LogP contribution in [0.4, 0.5) is 26.3 Å². The average molecular weight is 353 g/mol. The molecule has 0 aliphatic heterocycles. The number of pyridine rings is 1. The number of fused-ring (bicyclic) bond motifs is 1. The Morgan fingerprint density at radius 1 is 1.00 bits per heavy atom. The molecule has 0 spiro atoms. The van der Waals surface area contributed by atoms with E-state index in [0.717, 1.165) is 6.07 Å². The van der Waals surface area contributed by atoms with Crippen molar-refractivity contribution in [2.45, 2.75) is 24.7 Å². The molecular formula is C15H13F6NO2. The Labute approximate surface area is 132 Å². The fourth-order valence-corrected chi connectivity index (χ4v) is 2.49. The quantitative estimate of drug-likeness (QED) is 0.824. The van der Waals surface area contributed by atoms with Gasteiger partial charge in [0.05, 0.1) is 17.7 Å². The van der Waals surface area contributed by atoms with Crippen molar-refractivity contribution in [3.05, 3.63) is 41.1 Å². The molecule has 0 saturated heterocycles. The Morgan fingerprint density at radius 3 is 2.17 bits per heavy atom. The van der Waals surface area contributed by atoms with E-state index in [-0.39, 0.29) is 17.4 Å². The highest BCUT2D eigenvalue weighted by molar-refractivity contribution is 5.86. The molecule has 1 aromatic carbocycles. The molecule has 0 amide bonds. The second kappa shape index (κ2) is 6.56. The molecule has 1 unspecified atom stereocenters. The lowest BCUT2D eigenvalue weighted by molar-refractivity contribution is -0.142. The third-order valence-electron chi connectivity index (χ3n) is 3.61. The van der Waals surface area contributed by atoms with E-state index in [1.54, 1.807) is 0 Å². The summed E-state index contributed by atoms with van der Waals surface area (Å²) in [5, 5.41) is 18.2. The highest BCUT2D eigenvalue weighted by Crippen LogP contribution is 2.39. The molecule has 9 heteroatoms. The van der Waals surface area contributed by atoms with E-state index in [4.69, 9.17) is 5.11 Å². The maximum absolute atomic E-state index is 13.1. The van der Waals surface area contributed by atoms with Gasteiger partial charge in [-0.2, -0.15) is 26.3 Å². The topological polar surface area (TPSA) is 53.4 Å². The number of aromatic nitrogens is 1. The van der Waals surface area contributed by atoms with Gasteiger partial charge in [-0.3, -0.25) is 0 Å². The number of hydrogen-bond acceptors (Lipinski definition) is 3. The van der Waals surface area contributed by atoms with Gasteiger partial charge in [0.15, 0.2) is 0 Å². The van der Waals surface area contributed by atoms with Crippen LogP contribution in [0.1, 0.15) is 29.2 Å². The molecule has 0 radical (unpaired) electrons. The van der Waals surface area contributed by atoms with Crippen molar-refractivity contribution in [2.75, 3.05) is 13.2 Å². The Bertz CT molecular complexity index is 726. The van der Waals surface area contributed by atoms with Crippen molar-refractivity contribution in [1.29, 1.82) is 0 Å². The van der Waals surface area contributed by atoms with Gasteiger partial charge >= 0.3 is 12.4 Å². The molecule has 0 aliphatic carbocycles. The normalized spacial score (nSPS) is 14.2. The van der Waals surface area contributed by atoms with Crippen LogP contribution in [0.5, 0.6) is 0 Å². The molecule has 2 aromatic rings. The molecule has 24 heavy (non-hydrogen) atoms. The van der Waals surface area contributed by atoms with E-state index in [1.165, 1.54) is 6.07 Å². The number of benzene rings is 1.